The van der Waals surface area contributed by atoms with E-state index in [0.29, 0.717) is 46.3 Å². The first-order chi connectivity index (χ1) is 20.4. The Hall–Kier alpha value is -4.40. The van der Waals surface area contributed by atoms with Crippen molar-refractivity contribution in [2.24, 2.45) is 5.92 Å². The van der Waals surface area contributed by atoms with E-state index in [1.54, 1.807) is 20.3 Å². The van der Waals surface area contributed by atoms with Crippen LogP contribution in [0.4, 0.5) is 5.82 Å². The lowest BCUT2D eigenvalue weighted by molar-refractivity contribution is 0.0788. The topological polar surface area (TPSA) is 109 Å². The van der Waals surface area contributed by atoms with Crippen LogP contribution in [0.25, 0.3) is 22.3 Å². The summed E-state index contributed by atoms with van der Waals surface area (Å²) in [5, 5.41) is 3.83. The lowest BCUT2D eigenvalue weighted by atomic mass is 9.93. The van der Waals surface area contributed by atoms with Crippen molar-refractivity contribution in [2.75, 3.05) is 39.2 Å². The second-order valence-electron chi connectivity index (χ2n) is 11.4. The maximum absolute atomic E-state index is 13.4. The first-order valence-corrected chi connectivity index (χ1v) is 14.7. The molecule has 1 unspecified atom stereocenters. The van der Waals surface area contributed by atoms with Gasteiger partial charge in [-0.25, -0.2) is 9.97 Å². The Morgan fingerprint density at radius 2 is 1.81 bits per heavy atom. The highest BCUT2D eigenvalue weighted by Gasteiger charge is 2.28. The standard InChI is InChI=1S/C33H37N5O4/c1-20-8-13-27(34-17-20)35-18-21-14-15-38(19-21)33(40)24-11-9-23(10-12-24)31-36-30-28(22-6-4-5-7-22)25(41-2)16-26(42-3)29(30)32(39)37-31/h8-13,16-17,21-22H,4-7,14-15,18-19H2,1-3H3,(H,34,35)(H,36,37,39). The van der Waals surface area contributed by atoms with Gasteiger partial charge in [0, 0.05) is 48.6 Å². The fourth-order valence-electron chi connectivity index (χ4n) is 6.32. The summed E-state index contributed by atoms with van der Waals surface area (Å²) in [4.78, 5) is 40.9. The molecule has 2 aromatic carbocycles. The molecule has 1 atom stereocenters. The molecule has 1 aliphatic heterocycles. The number of anilines is 1. The first kappa shape index (κ1) is 27.8. The number of carbonyl (C=O) groups is 1. The summed E-state index contributed by atoms with van der Waals surface area (Å²) in [7, 11) is 3.19. The van der Waals surface area contributed by atoms with Crippen LogP contribution in [-0.4, -0.2) is 59.6 Å². The molecule has 6 rings (SSSR count). The van der Waals surface area contributed by atoms with Crippen LogP contribution in [0.1, 0.15) is 59.5 Å². The van der Waals surface area contributed by atoms with E-state index in [1.165, 1.54) is 0 Å². The van der Waals surface area contributed by atoms with E-state index in [4.69, 9.17) is 14.5 Å². The van der Waals surface area contributed by atoms with E-state index in [0.717, 1.165) is 67.7 Å². The van der Waals surface area contributed by atoms with Crippen molar-refractivity contribution in [3.05, 3.63) is 75.7 Å². The number of H-pyrrole nitrogens is 1. The SMILES string of the molecule is COc1cc(OC)c2c(=O)[nH]c(-c3ccc(C(=O)N4CCC(CNc5ccc(C)cn5)C4)cc3)nc2c1C1CCCC1. The summed E-state index contributed by atoms with van der Waals surface area (Å²) in [5.41, 5.74) is 3.81. The molecular weight excluding hydrogens is 530 g/mol. The van der Waals surface area contributed by atoms with Crippen LogP contribution in [0, 0.1) is 12.8 Å². The number of hydrogen-bond acceptors (Lipinski definition) is 7. The first-order valence-electron chi connectivity index (χ1n) is 14.7. The number of rotatable bonds is 8. The summed E-state index contributed by atoms with van der Waals surface area (Å²) < 4.78 is 11.3. The second kappa shape index (κ2) is 11.8. The van der Waals surface area contributed by atoms with Crippen LogP contribution in [0.5, 0.6) is 11.5 Å². The molecule has 1 amide bonds. The number of fused-ring (bicyclic) bond motifs is 1. The molecule has 3 heterocycles. The molecular formula is C33H37N5O4. The van der Waals surface area contributed by atoms with Gasteiger partial charge in [-0.15, -0.1) is 0 Å². The van der Waals surface area contributed by atoms with Crippen LogP contribution >= 0.6 is 0 Å². The minimum absolute atomic E-state index is 0.00969. The average Bonchev–Trinajstić information content (AvgIpc) is 3.72. The second-order valence-corrected chi connectivity index (χ2v) is 11.4. The lowest BCUT2D eigenvalue weighted by Gasteiger charge is -2.19. The van der Waals surface area contributed by atoms with Gasteiger partial charge in [-0.2, -0.15) is 0 Å². The molecule has 2 aromatic heterocycles. The zero-order chi connectivity index (χ0) is 29.2. The Kier molecular flexibility index (Phi) is 7.82. The number of aromatic nitrogens is 3. The van der Waals surface area contributed by atoms with E-state index in [9.17, 15) is 9.59 Å². The highest BCUT2D eigenvalue weighted by atomic mass is 16.5. The van der Waals surface area contributed by atoms with E-state index in [1.807, 2.05) is 54.4 Å². The van der Waals surface area contributed by atoms with Crippen molar-refractivity contribution in [3.8, 4) is 22.9 Å². The Morgan fingerprint density at radius 1 is 1.05 bits per heavy atom. The lowest BCUT2D eigenvalue weighted by Crippen LogP contribution is -2.29. The number of ether oxygens (including phenoxy) is 2. The number of pyridine rings is 1. The molecule has 1 saturated carbocycles. The Bertz CT molecular complexity index is 1640. The molecule has 9 heteroatoms. The summed E-state index contributed by atoms with van der Waals surface area (Å²) in [6.07, 6.45) is 7.16. The van der Waals surface area contributed by atoms with E-state index in [2.05, 4.69) is 15.3 Å². The fourth-order valence-corrected chi connectivity index (χ4v) is 6.32. The molecule has 1 aliphatic carbocycles. The number of nitrogens with zero attached hydrogens (tertiary/aromatic N) is 3. The molecule has 0 bridgehead atoms. The summed E-state index contributed by atoms with van der Waals surface area (Å²) in [5.74, 6) is 3.11. The van der Waals surface area contributed by atoms with Crippen LogP contribution in [0.2, 0.25) is 0 Å². The smallest absolute Gasteiger partial charge is 0.262 e. The van der Waals surface area contributed by atoms with Gasteiger partial charge < -0.3 is 24.7 Å². The number of carbonyl (C=O) groups excluding carboxylic acids is 1. The summed E-state index contributed by atoms with van der Waals surface area (Å²) in [6, 6.07) is 13.1. The minimum Gasteiger partial charge on any atom is -0.496 e. The van der Waals surface area contributed by atoms with E-state index in [-0.39, 0.29) is 17.4 Å². The predicted molar refractivity (Wildman–Crippen MR) is 164 cm³/mol. The molecule has 2 aliphatic rings. The summed E-state index contributed by atoms with van der Waals surface area (Å²) >= 11 is 0. The largest absolute Gasteiger partial charge is 0.496 e. The highest BCUT2D eigenvalue weighted by molar-refractivity contribution is 5.95. The number of hydrogen-bond donors (Lipinski definition) is 2. The third-order valence-corrected chi connectivity index (χ3v) is 8.61. The Labute approximate surface area is 245 Å². The molecule has 218 valence electrons. The predicted octanol–water partition coefficient (Wildman–Crippen LogP) is 5.54. The van der Waals surface area contributed by atoms with Gasteiger partial charge in [-0.3, -0.25) is 9.59 Å². The Morgan fingerprint density at radius 3 is 2.50 bits per heavy atom. The van der Waals surface area contributed by atoms with Crippen molar-refractivity contribution in [3.63, 3.8) is 0 Å². The van der Waals surface area contributed by atoms with Crippen LogP contribution in [-0.2, 0) is 0 Å². The van der Waals surface area contributed by atoms with Crippen molar-refractivity contribution in [1.29, 1.82) is 0 Å². The number of benzene rings is 2. The monoisotopic (exact) mass is 567 g/mol. The van der Waals surface area contributed by atoms with Crippen molar-refractivity contribution in [2.45, 2.75) is 44.9 Å². The molecule has 0 spiro atoms. The third kappa shape index (κ3) is 5.43. The maximum Gasteiger partial charge on any atom is 0.262 e. The zero-order valence-electron chi connectivity index (χ0n) is 24.4. The molecule has 42 heavy (non-hydrogen) atoms. The van der Waals surface area contributed by atoms with Gasteiger partial charge in [0.25, 0.3) is 11.5 Å². The van der Waals surface area contributed by atoms with Gasteiger partial charge in [-0.1, -0.05) is 31.0 Å². The molecule has 9 nitrogen and oxygen atoms in total. The number of aryl methyl sites for hydroxylation is 1. The number of aromatic amines is 1. The van der Waals surface area contributed by atoms with Gasteiger partial charge in [0.1, 0.15) is 28.5 Å². The summed E-state index contributed by atoms with van der Waals surface area (Å²) in [6.45, 7) is 4.22. The van der Waals surface area contributed by atoms with Crippen LogP contribution < -0.4 is 20.3 Å². The molecule has 1 saturated heterocycles. The van der Waals surface area contributed by atoms with Gasteiger partial charge >= 0.3 is 0 Å². The van der Waals surface area contributed by atoms with Crippen molar-refractivity contribution >= 4 is 22.6 Å². The average molecular weight is 568 g/mol. The molecule has 0 radical (unpaired) electrons. The highest BCUT2D eigenvalue weighted by Crippen LogP contribution is 2.44. The third-order valence-electron chi connectivity index (χ3n) is 8.61. The normalized spacial score (nSPS) is 17.1. The van der Waals surface area contributed by atoms with Gasteiger partial charge in [-0.05, 0) is 61.8 Å². The van der Waals surface area contributed by atoms with Crippen molar-refractivity contribution in [1.82, 2.24) is 19.9 Å². The van der Waals surface area contributed by atoms with Gasteiger partial charge in [0.15, 0.2) is 0 Å². The number of likely N-dealkylation sites (tertiary alicyclic amines) is 1. The molecule has 4 aromatic rings. The zero-order valence-corrected chi connectivity index (χ0v) is 24.4. The van der Waals surface area contributed by atoms with E-state index >= 15 is 0 Å². The molecule has 2 N–H and O–H groups in total. The van der Waals surface area contributed by atoms with Gasteiger partial charge in [0.2, 0.25) is 0 Å². The van der Waals surface area contributed by atoms with Gasteiger partial charge in [0.05, 0.1) is 19.7 Å². The van der Waals surface area contributed by atoms with E-state index < -0.39 is 0 Å². The maximum atomic E-state index is 13.4. The Balaban J connectivity index is 1.22. The van der Waals surface area contributed by atoms with Crippen molar-refractivity contribution < 1.29 is 14.3 Å². The number of nitrogens with one attached hydrogen (secondary N) is 2. The van der Waals surface area contributed by atoms with Crippen LogP contribution in [0.3, 0.4) is 0 Å². The minimum atomic E-state index is -0.258. The fraction of sp³-hybridized carbons (Fsp3) is 0.394. The molecule has 2 fully saturated rings. The quantitative estimate of drug-likeness (QED) is 0.288. The number of methoxy groups -OCH3 is 2. The number of amides is 1. The van der Waals surface area contributed by atoms with Crippen LogP contribution in [0.15, 0.2) is 53.5 Å².